The van der Waals surface area contributed by atoms with Gasteiger partial charge in [0.15, 0.2) is 0 Å². The molecule has 0 bridgehead atoms. The molecule has 0 amide bonds. The number of aliphatic hydroxyl groups excluding tert-OH is 1. The zero-order chi connectivity index (χ0) is 11.5. The molecule has 15 heavy (non-hydrogen) atoms. The van der Waals surface area contributed by atoms with Crippen LogP contribution in [0.5, 0.6) is 0 Å². The summed E-state index contributed by atoms with van der Waals surface area (Å²) in [6.07, 6.45) is 0.603. The Kier molecular flexibility index (Phi) is 5.19. The molecule has 0 saturated carbocycles. The van der Waals surface area contributed by atoms with Gasteiger partial charge in [0.2, 0.25) is 0 Å². The van der Waals surface area contributed by atoms with Crippen LogP contribution in [0.3, 0.4) is 0 Å². The minimum atomic E-state index is -1.68. The fraction of sp³-hybridized carbons (Fsp3) is 0.444. The monoisotopic (exact) mass is 326 g/mol. The van der Waals surface area contributed by atoms with Crippen LogP contribution in [0.15, 0.2) is 24.4 Å². The molecule has 1 rings (SSSR count). The Hall–Kier alpha value is 0.523. The Morgan fingerprint density at radius 1 is 1.40 bits per heavy atom. The van der Waals surface area contributed by atoms with Crippen molar-refractivity contribution in [1.82, 2.24) is 4.98 Å². The molecule has 0 aliphatic heterocycles. The van der Waals surface area contributed by atoms with Gasteiger partial charge in [0.1, 0.15) is 0 Å². The number of rotatable bonds is 3. The van der Waals surface area contributed by atoms with Crippen LogP contribution in [0.1, 0.15) is 11.6 Å². The van der Waals surface area contributed by atoms with Crippen molar-refractivity contribution in [3.8, 4) is 0 Å². The van der Waals surface area contributed by atoms with Gasteiger partial charge in [-0.1, -0.05) is 0 Å². The van der Waals surface area contributed by atoms with Crippen LogP contribution < -0.4 is 0 Å². The van der Waals surface area contributed by atoms with Gasteiger partial charge in [-0.15, -0.1) is 0 Å². The quantitative estimate of drug-likeness (QED) is 0.684. The molecule has 1 N–H and O–H groups in total. The number of nitrogens with zero attached hydrogens (tertiary/aromatic N) is 1. The molecule has 81 valence electrons. The van der Waals surface area contributed by atoms with Gasteiger partial charge in [0.25, 0.3) is 0 Å². The van der Waals surface area contributed by atoms with Crippen molar-refractivity contribution in [3.05, 3.63) is 30.1 Å². The average Bonchev–Trinajstić information content (AvgIpc) is 2.19. The summed E-state index contributed by atoms with van der Waals surface area (Å²) in [5.41, 5.74) is 0.735. The van der Waals surface area contributed by atoms with Gasteiger partial charge in [0.05, 0.1) is 0 Å². The molecule has 0 saturated heterocycles. The van der Waals surface area contributed by atoms with Gasteiger partial charge in [-0.05, 0) is 0 Å². The molecule has 0 fully saturated rings. The van der Waals surface area contributed by atoms with Crippen LogP contribution in [0.4, 0.5) is 0 Å². The van der Waals surface area contributed by atoms with Crippen LogP contribution in [0, 0.1) is 0 Å². The van der Waals surface area contributed by atoms with E-state index in [0.29, 0.717) is 5.25 Å². The number of alkyl halides is 3. The topological polar surface area (TPSA) is 33.1 Å². The summed E-state index contributed by atoms with van der Waals surface area (Å²) in [6.45, 7) is 0. The van der Waals surface area contributed by atoms with Gasteiger partial charge < -0.3 is 0 Å². The third kappa shape index (κ3) is 3.79. The van der Waals surface area contributed by atoms with Crippen LogP contribution in [-0.2, 0) is 0 Å². The molecule has 0 unspecified atom stereocenters. The van der Waals surface area contributed by atoms with E-state index >= 15 is 0 Å². The molecule has 0 aromatic carbocycles. The zero-order valence-corrected chi connectivity index (χ0v) is 12.1. The van der Waals surface area contributed by atoms with E-state index in [1.165, 1.54) is 0 Å². The van der Waals surface area contributed by atoms with E-state index < -0.39 is 9.90 Å². The molecule has 0 spiro atoms. The Bertz CT molecular complexity index is 304. The fourth-order valence-corrected chi connectivity index (χ4v) is 2.56. The molecule has 1 heterocycles. The predicted molar refractivity (Wildman–Crippen MR) is 63.8 cm³/mol. The fourth-order valence-electron chi connectivity index (χ4n) is 1.20. The standard InChI is InChI=1S/C9H9Cl3GeNO/c10-9(11,12)8(15)6(5-13)7-3-1-2-4-14-7/h1-4,6,8,15H,5H2/t6-,8+/m0/s1. The van der Waals surface area contributed by atoms with E-state index in [2.05, 4.69) is 4.98 Å². The van der Waals surface area contributed by atoms with Gasteiger partial charge in [-0.25, -0.2) is 0 Å². The van der Waals surface area contributed by atoms with E-state index in [4.69, 9.17) is 34.8 Å². The van der Waals surface area contributed by atoms with E-state index in [9.17, 15) is 5.11 Å². The van der Waals surface area contributed by atoms with Crippen molar-refractivity contribution < 1.29 is 5.11 Å². The first kappa shape index (κ1) is 13.6. The van der Waals surface area contributed by atoms with Gasteiger partial charge in [0, 0.05) is 0 Å². The zero-order valence-electron chi connectivity index (χ0n) is 7.70. The van der Waals surface area contributed by atoms with Gasteiger partial charge in [-0.3, -0.25) is 0 Å². The van der Waals surface area contributed by atoms with Crippen molar-refractivity contribution >= 4 is 51.3 Å². The number of aliphatic hydroxyl groups is 1. The summed E-state index contributed by atoms with van der Waals surface area (Å²) in [5, 5.41) is 10.5. The van der Waals surface area contributed by atoms with E-state index in [1.807, 2.05) is 28.6 Å². The normalized spacial score (nSPS) is 16.1. The van der Waals surface area contributed by atoms with Crippen LogP contribution >= 0.6 is 34.8 Å². The molecule has 0 aliphatic carbocycles. The number of hydrogen-bond acceptors (Lipinski definition) is 2. The second kappa shape index (κ2) is 5.73. The third-order valence-electron chi connectivity index (χ3n) is 2.00. The Morgan fingerprint density at radius 2 is 2.07 bits per heavy atom. The Labute approximate surface area is 112 Å². The second-order valence-electron chi connectivity index (χ2n) is 3.05. The molecule has 3 radical (unpaired) electrons. The summed E-state index contributed by atoms with van der Waals surface area (Å²) in [6, 6.07) is 5.46. The number of hydrogen-bond donors (Lipinski definition) is 1. The second-order valence-corrected chi connectivity index (χ2v) is 6.28. The summed E-state index contributed by atoms with van der Waals surface area (Å²) in [5.74, 6) is -0.265. The molecular formula is C9H9Cl3GeNO. The van der Waals surface area contributed by atoms with Gasteiger partial charge >= 0.3 is 113 Å². The Balaban J connectivity index is 2.90. The first-order chi connectivity index (χ1) is 6.96. The van der Waals surface area contributed by atoms with Crippen LogP contribution in [0.2, 0.25) is 5.25 Å². The summed E-state index contributed by atoms with van der Waals surface area (Å²) < 4.78 is -1.68. The average molecular weight is 326 g/mol. The maximum absolute atomic E-state index is 9.86. The van der Waals surface area contributed by atoms with Crippen molar-refractivity contribution in [2.24, 2.45) is 0 Å². The molecule has 6 heteroatoms. The summed E-state index contributed by atoms with van der Waals surface area (Å²) in [7, 11) is 0. The van der Waals surface area contributed by atoms with E-state index in [-0.39, 0.29) is 5.92 Å². The first-order valence-corrected chi connectivity index (χ1v) is 6.89. The summed E-state index contributed by atoms with van der Waals surface area (Å²) in [4.78, 5) is 4.15. The van der Waals surface area contributed by atoms with Crippen LogP contribution in [0.25, 0.3) is 0 Å². The third-order valence-corrected chi connectivity index (χ3v) is 3.60. The SMILES string of the molecule is O[C@H]([C@@H]([CH2][Ge])c1ccccn1)C(Cl)(Cl)Cl. The number of aromatic nitrogens is 1. The van der Waals surface area contributed by atoms with Gasteiger partial charge in [-0.2, -0.15) is 0 Å². The molecule has 0 aliphatic rings. The predicted octanol–water partition coefficient (Wildman–Crippen LogP) is 2.48. The molecule has 2 nitrogen and oxygen atoms in total. The van der Waals surface area contributed by atoms with E-state index in [1.54, 1.807) is 12.3 Å². The minimum absolute atomic E-state index is 0.265. The van der Waals surface area contributed by atoms with Crippen molar-refractivity contribution in [2.75, 3.05) is 0 Å². The maximum atomic E-state index is 9.86. The van der Waals surface area contributed by atoms with Crippen LogP contribution in [-0.4, -0.2) is 36.5 Å². The van der Waals surface area contributed by atoms with Crippen molar-refractivity contribution in [3.63, 3.8) is 0 Å². The van der Waals surface area contributed by atoms with E-state index in [0.717, 1.165) is 5.69 Å². The molecule has 1 aromatic rings. The van der Waals surface area contributed by atoms with Crippen molar-refractivity contribution in [2.45, 2.75) is 21.1 Å². The number of halogens is 3. The Morgan fingerprint density at radius 3 is 2.47 bits per heavy atom. The first-order valence-electron chi connectivity index (χ1n) is 4.27. The molecular weight excluding hydrogens is 317 g/mol. The number of pyridine rings is 1. The molecule has 1 aromatic heterocycles. The molecule has 2 atom stereocenters. The van der Waals surface area contributed by atoms with Crippen molar-refractivity contribution in [1.29, 1.82) is 0 Å². The summed E-state index contributed by atoms with van der Waals surface area (Å²) >= 11 is 18.9.